The molecule has 1 aromatic rings. The van der Waals surface area contributed by atoms with Crippen molar-refractivity contribution >= 4 is 16.0 Å². The van der Waals surface area contributed by atoms with Gasteiger partial charge >= 0.3 is 5.97 Å². The lowest BCUT2D eigenvalue weighted by Gasteiger charge is -2.16. The zero-order valence-corrected chi connectivity index (χ0v) is 11.7. The minimum atomic E-state index is -3.59. The molecule has 5 nitrogen and oxygen atoms in total. The van der Waals surface area contributed by atoms with Crippen LogP contribution in [0, 0.1) is 18.8 Å². The third-order valence-electron chi connectivity index (χ3n) is 3.52. The van der Waals surface area contributed by atoms with Crippen molar-refractivity contribution in [1.29, 1.82) is 0 Å². The molecule has 1 heterocycles. The standard InChI is InChI=1S/C13H17NO4S/c1-9-4-3-5-11(6-9)19(17,18)14-7-10(2)12(8-14)13(15)16/h3-6,10,12H,7-8H2,1-2H3,(H,15,16)/t10-,12-/m1/s1. The average Bonchev–Trinajstić information content (AvgIpc) is 2.72. The Morgan fingerprint density at radius 2 is 2.05 bits per heavy atom. The highest BCUT2D eigenvalue weighted by Crippen LogP contribution is 2.28. The first-order chi connectivity index (χ1) is 8.82. The van der Waals surface area contributed by atoms with Gasteiger partial charge in [-0.05, 0) is 30.5 Å². The van der Waals surface area contributed by atoms with Gasteiger partial charge in [-0.2, -0.15) is 4.31 Å². The van der Waals surface area contributed by atoms with E-state index in [4.69, 9.17) is 5.11 Å². The SMILES string of the molecule is Cc1cccc(S(=O)(=O)N2C[C@@H](C)[C@H](C(=O)O)C2)c1. The molecule has 1 N–H and O–H groups in total. The molecule has 0 aromatic heterocycles. The molecular weight excluding hydrogens is 266 g/mol. The summed E-state index contributed by atoms with van der Waals surface area (Å²) in [4.78, 5) is 11.3. The van der Waals surface area contributed by atoms with Gasteiger partial charge < -0.3 is 5.11 Å². The van der Waals surface area contributed by atoms with Crippen molar-refractivity contribution in [2.24, 2.45) is 11.8 Å². The number of carbonyl (C=O) groups is 1. The molecule has 1 aliphatic rings. The van der Waals surface area contributed by atoms with Gasteiger partial charge in [-0.25, -0.2) is 8.42 Å². The summed E-state index contributed by atoms with van der Waals surface area (Å²) in [7, 11) is -3.59. The number of carboxylic acids is 1. The molecule has 0 amide bonds. The van der Waals surface area contributed by atoms with Crippen LogP contribution >= 0.6 is 0 Å². The highest BCUT2D eigenvalue weighted by atomic mass is 32.2. The van der Waals surface area contributed by atoms with Crippen LogP contribution in [0.2, 0.25) is 0 Å². The van der Waals surface area contributed by atoms with Crippen molar-refractivity contribution in [3.63, 3.8) is 0 Å². The van der Waals surface area contributed by atoms with E-state index in [2.05, 4.69) is 0 Å². The molecule has 0 unspecified atom stereocenters. The van der Waals surface area contributed by atoms with Gasteiger partial charge in [-0.3, -0.25) is 4.79 Å². The summed E-state index contributed by atoms with van der Waals surface area (Å²) >= 11 is 0. The van der Waals surface area contributed by atoms with Crippen LogP contribution < -0.4 is 0 Å². The minimum Gasteiger partial charge on any atom is -0.481 e. The largest absolute Gasteiger partial charge is 0.481 e. The molecule has 0 spiro atoms. The molecule has 0 aliphatic carbocycles. The first-order valence-electron chi connectivity index (χ1n) is 6.12. The van der Waals surface area contributed by atoms with Crippen LogP contribution in [0.3, 0.4) is 0 Å². The lowest BCUT2D eigenvalue weighted by Crippen LogP contribution is -2.30. The molecule has 2 atom stereocenters. The third kappa shape index (κ3) is 2.64. The van der Waals surface area contributed by atoms with E-state index in [-0.39, 0.29) is 23.9 Å². The number of hydrogen-bond acceptors (Lipinski definition) is 3. The van der Waals surface area contributed by atoms with E-state index in [9.17, 15) is 13.2 Å². The molecule has 2 rings (SSSR count). The number of aliphatic carboxylic acids is 1. The fraction of sp³-hybridized carbons (Fsp3) is 0.462. The maximum absolute atomic E-state index is 12.4. The highest BCUT2D eigenvalue weighted by molar-refractivity contribution is 7.89. The van der Waals surface area contributed by atoms with Crippen molar-refractivity contribution < 1.29 is 18.3 Å². The van der Waals surface area contributed by atoms with Gasteiger partial charge in [0.25, 0.3) is 0 Å². The zero-order valence-electron chi connectivity index (χ0n) is 10.9. The third-order valence-corrected chi connectivity index (χ3v) is 5.35. The maximum atomic E-state index is 12.4. The monoisotopic (exact) mass is 283 g/mol. The van der Waals surface area contributed by atoms with Crippen molar-refractivity contribution in [3.05, 3.63) is 29.8 Å². The Kier molecular flexibility index (Phi) is 3.64. The van der Waals surface area contributed by atoms with E-state index < -0.39 is 21.9 Å². The van der Waals surface area contributed by atoms with Crippen molar-refractivity contribution in [1.82, 2.24) is 4.31 Å². The summed E-state index contributed by atoms with van der Waals surface area (Å²) in [5.74, 6) is -1.73. The Labute approximate surface area is 112 Å². The number of carboxylic acid groups (broad SMARTS) is 1. The second-order valence-corrected chi connectivity index (χ2v) is 7.00. The Morgan fingerprint density at radius 1 is 1.37 bits per heavy atom. The van der Waals surface area contributed by atoms with Crippen LogP contribution in [0.25, 0.3) is 0 Å². The second-order valence-electron chi connectivity index (χ2n) is 5.06. The van der Waals surface area contributed by atoms with Crippen LogP contribution in [-0.4, -0.2) is 36.9 Å². The van der Waals surface area contributed by atoms with Gasteiger partial charge in [-0.15, -0.1) is 0 Å². The highest BCUT2D eigenvalue weighted by Gasteiger charge is 2.40. The molecular formula is C13H17NO4S. The number of nitrogens with zero attached hydrogens (tertiary/aromatic N) is 1. The number of hydrogen-bond donors (Lipinski definition) is 1. The number of aryl methyl sites for hydroxylation is 1. The van der Waals surface area contributed by atoms with Crippen molar-refractivity contribution in [2.75, 3.05) is 13.1 Å². The van der Waals surface area contributed by atoms with Gasteiger partial charge in [0.2, 0.25) is 10.0 Å². The minimum absolute atomic E-state index is 0.0484. The topological polar surface area (TPSA) is 74.7 Å². The van der Waals surface area contributed by atoms with Crippen molar-refractivity contribution in [2.45, 2.75) is 18.7 Å². The smallest absolute Gasteiger partial charge is 0.308 e. The summed E-state index contributed by atoms with van der Waals surface area (Å²) in [6.45, 7) is 3.90. The lowest BCUT2D eigenvalue weighted by molar-refractivity contribution is -0.142. The molecule has 0 bridgehead atoms. The number of sulfonamides is 1. The van der Waals surface area contributed by atoms with Crippen LogP contribution in [0.4, 0.5) is 0 Å². The van der Waals surface area contributed by atoms with Gasteiger partial charge in [0.05, 0.1) is 10.8 Å². The van der Waals surface area contributed by atoms with Crippen molar-refractivity contribution in [3.8, 4) is 0 Å². The molecule has 1 aromatic carbocycles. The van der Waals surface area contributed by atoms with Crippen LogP contribution in [0.1, 0.15) is 12.5 Å². The fourth-order valence-electron chi connectivity index (χ4n) is 2.36. The first-order valence-corrected chi connectivity index (χ1v) is 7.56. The Hall–Kier alpha value is -1.40. The van der Waals surface area contributed by atoms with Crippen LogP contribution in [0.15, 0.2) is 29.2 Å². The lowest BCUT2D eigenvalue weighted by atomic mass is 9.99. The summed E-state index contributed by atoms with van der Waals surface area (Å²) in [6.07, 6.45) is 0. The van der Waals surface area contributed by atoms with Crippen LogP contribution in [-0.2, 0) is 14.8 Å². The molecule has 6 heteroatoms. The summed E-state index contributed by atoms with van der Waals surface area (Å²) < 4.78 is 26.1. The fourth-order valence-corrected chi connectivity index (χ4v) is 4.04. The maximum Gasteiger partial charge on any atom is 0.308 e. The number of benzene rings is 1. The first kappa shape index (κ1) is 14.0. The number of rotatable bonds is 3. The molecule has 0 saturated carbocycles. The average molecular weight is 283 g/mol. The summed E-state index contributed by atoms with van der Waals surface area (Å²) in [5, 5.41) is 9.06. The molecule has 0 radical (unpaired) electrons. The summed E-state index contributed by atoms with van der Waals surface area (Å²) in [6, 6.07) is 6.66. The molecule has 1 fully saturated rings. The van der Waals surface area contributed by atoms with E-state index in [1.54, 1.807) is 25.1 Å². The molecule has 104 valence electrons. The Balaban J connectivity index is 2.30. The predicted molar refractivity (Wildman–Crippen MR) is 70.2 cm³/mol. The van der Waals surface area contributed by atoms with Gasteiger partial charge in [-0.1, -0.05) is 19.1 Å². The second kappa shape index (κ2) is 4.94. The van der Waals surface area contributed by atoms with Gasteiger partial charge in [0.1, 0.15) is 0 Å². The van der Waals surface area contributed by atoms with E-state index >= 15 is 0 Å². The molecule has 1 saturated heterocycles. The normalized spacial score (nSPS) is 24.5. The van der Waals surface area contributed by atoms with E-state index in [0.29, 0.717) is 0 Å². The predicted octanol–water partition coefficient (Wildman–Crippen LogP) is 1.34. The Morgan fingerprint density at radius 3 is 2.58 bits per heavy atom. The van der Waals surface area contributed by atoms with Gasteiger partial charge in [0.15, 0.2) is 0 Å². The Bertz CT molecular complexity index is 596. The summed E-state index contributed by atoms with van der Waals surface area (Å²) in [5.41, 5.74) is 0.864. The molecule has 1 aliphatic heterocycles. The van der Waals surface area contributed by atoms with E-state index in [1.165, 1.54) is 4.31 Å². The quantitative estimate of drug-likeness (QED) is 0.908. The van der Waals surface area contributed by atoms with Crippen LogP contribution in [0.5, 0.6) is 0 Å². The zero-order chi connectivity index (χ0) is 14.2. The van der Waals surface area contributed by atoms with E-state index in [1.807, 2.05) is 13.0 Å². The van der Waals surface area contributed by atoms with E-state index in [0.717, 1.165) is 5.56 Å². The molecule has 19 heavy (non-hydrogen) atoms. The van der Waals surface area contributed by atoms with Gasteiger partial charge in [0, 0.05) is 13.1 Å².